The van der Waals surface area contributed by atoms with E-state index in [0.29, 0.717) is 11.3 Å². The molecule has 1 aliphatic rings. The first-order valence-corrected chi connectivity index (χ1v) is 11.6. The van der Waals surface area contributed by atoms with E-state index in [1.165, 1.54) is 25.3 Å². The lowest BCUT2D eigenvalue weighted by molar-refractivity contribution is 0.0729. The SMILES string of the molecule is COc1ccc(S(=O)(=O)Nc2ccc(F)c(S(=O)(=O)N3CCOCC3)c2)c(C)c1. The number of ether oxygens (including phenoxy) is 2. The number of nitrogens with one attached hydrogen (secondary N) is 1. The molecule has 158 valence electrons. The van der Waals surface area contributed by atoms with E-state index in [9.17, 15) is 21.2 Å². The van der Waals surface area contributed by atoms with Crippen molar-refractivity contribution in [3.63, 3.8) is 0 Å². The summed E-state index contributed by atoms with van der Waals surface area (Å²) in [4.78, 5) is -0.591. The Morgan fingerprint density at radius 1 is 1.03 bits per heavy atom. The van der Waals surface area contributed by atoms with Crippen molar-refractivity contribution in [2.24, 2.45) is 0 Å². The summed E-state index contributed by atoms with van der Waals surface area (Å²) in [6.07, 6.45) is 0. The molecule has 8 nitrogen and oxygen atoms in total. The Kier molecular flexibility index (Phi) is 6.13. The van der Waals surface area contributed by atoms with Crippen molar-refractivity contribution in [2.75, 3.05) is 38.1 Å². The van der Waals surface area contributed by atoms with Gasteiger partial charge >= 0.3 is 0 Å². The number of nitrogens with zero attached hydrogens (tertiary/aromatic N) is 1. The van der Waals surface area contributed by atoms with Gasteiger partial charge in [-0.2, -0.15) is 4.31 Å². The number of methoxy groups -OCH3 is 1. The minimum Gasteiger partial charge on any atom is -0.497 e. The molecule has 0 saturated carbocycles. The molecule has 29 heavy (non-hydrogen) atoms. The van der Waals surface area contributed by atoms with E-state index in [1.807, 2.05) is 0 Å². The van der Waals surface area contributed by atoms with Gasteiger partial charge < -0.3 is 9.47 Å². The molecule has 0 unspecified atom stereocenters. The summed E-state index contributed by atoms with van der Waals surface area (Å²) in [7, 11) is -6.68. The van der Waals surface area contributed by atoms with Gasteiger partial charge in [0, 0.05) is 13.1 Å². The van der Waals surface area contributed by atoms with Gasteiger partial charge in [-0.15, -0.1) is 0 Å². The molecule has 0 aromatic heterocycles. The highest BCUT2D eigenvalue weighted by molar-refractivity contribution is 7.92. The van der Waals surface area contributed by atoms with E-state index >= 15 is 0 Å². The summed E-state index contributed by atoms with van der Waals surface area (Å²) in [6.45, 7) is 2.23. The van der Waals surface area contributed by atoms with Gasteiger partial charge in [-0.05, 0) is 48.9 Å². The topological polar surface area (TPSA) is 102 Å². The molecule has 1 aliphatic heterocycles. The summed E-state index contributed by atoms with van der Waals surface area (Å²) in [6, 6.07) is 7.52. The van der Waals surface area contributed by atoms with E-state index in [2.05, 4.69) is 4.72 Å². The maximum Gasteiger partial charge on any atom is 0.262 e. The fourth-order valence-corrected chi connectivity index (χ4v) is 5.73. The molecular formula is C18H21FN2O6S2. The van der Waals surface area contributed by atoms with E-state index in [4.69, 9.17) is 9.47 Å². The van der Waals surface area contributed by atoms with Crippen molar-refractivity contribution >= 4 is 25.7 Å². The minimum absolute atomic E-state index is 0.000196. The third-order valence-corrected chi connectivity index (χ3v) is 7.90. The molecule has 1 heterocycles. The van der Waals surface area contributed by atoms with E-state index in [-0.39, 0.29) is 36.9 Å². The minimum atomic E-state index is -4.13. The van der Waals surface area contributed by atoms with E-state index in [1.54, 1.807) is 13.0 Å². The fraction of sp³-hybridized carbons (Fsp3) is 0.333. The van der Waals surface area contributed by atoms with Crippen LogP contribution < -0.4 is 9.46 Å². The van der Waals surface area contributed by atoms with Crippen LogP contribution in [-0.2, 0) is 24.8 Å². The second kappa shape index (κ2) is 8.27. The lowest BCUT2D eigenvalue weighted by atomic mass is 10.2. The Hall–Kier alpha value is -2.21. The van der Waals surface area contributed by atoms with Crippen LogP contribution in [0.15, 0.2) is 46.2 Å². The Bertz CT molecular complexity index is 1110. The lowest BCUT2D eigenvalue weighted by Crippen LogP contribution is -2.40. The van der Waals surface area contributed by atoms with Crippen LogP contribution in [0.5, 0.6) is 5.75 Å². The zero-order valence-corrected chi connectivity index (χ0v) is 17.5. The van der Waals surface area contributed by atoms with Gasteiger partial charge in [0.25, 0.3) is 10.0 Å². The smallest absolute Gasteiger partial charge is 0.262 e. The monoisotopic (exact) mass is 444 g/mol. The van der Waals surface area contributed by atoms with Crippen LogP contribution in [-0.4, -0.2) is 54.6 Å². The van der Waals surface area contributed by atoms with Crippen LogP contribution in [0.4, 0.5) is 10.1 Å². The number of aryl methyl sites for hydroxylation is 1. The van der Waals surface area contributed by atoms with Gasteiger partial charge in [0.2, 0.25) is 10.0 Å². The fourth-order valence-electron chi connectivity index (χ4n) is 2.95. The Labute approximate surface area is 169 Å². The van der Waals surface area contributed by atoms with Crippen LogP contribution in [0.25, 0.3) is 0 Å². The normalized spacial score (nSPS) is 15.8. The van der Waals surface area contributed by atoms with Crippen molar-refractivity contribution in [3.8, 4) is 5.75 Å². The molecule has 0 atom stereocenters. The van der Waals surface area contributed by atoms with Gasteiger partial charge in [0.05, 0.1) is 30.9 Å². The van der Waals surface area contributed by atoms with Crippen molar-refractivity contribution in [2.45, 2.75) is 16.7 Å². The van der Waals surface area contributed by atoms with Crippen molar-refractivity contribution in [1.82, 2.24) is 4.31 Å². The molecule has 2 aromatic carbocycles. The highest BCUT2D eigenvalue weighted by Crippen LogP contribution is 2.27. The van der Waals surface area contributed by atoms with E-state index in [0.717, 1.165) is 16.4 Å². The van der Waals surface area contributed by atoms with Gasteiger partial charge in [-0.3, -0.25) is 4.72 Å². The maximum atomic E-state index is 14.3. The highest BCUT2D eigenvalue weighted by atomic mass is 32.2. The molecule has 0 spiro atoms. The number of benzene rings is 2. The number of rotatable bonds is 6. The van der Waals surface area contributed by atoms with Crippen molar-refractivity contribution in [3.05, 3.63) is 47.8 Å². The van der Waals surface area contributed by atoms with Gasteiger partial charge in [-0.25, -0.2) is 21.2 Å². The number of anilines is 1. The third kappa shape index (κ3) is 4.53. The second-order valence-corrected chi connectivity index (χ2v) is 9.96. The molecule has 0 radical (unpaired) electrons. The second-order valence-electron chi connectivity index (χ2n) is 6.40. The molecule has 3 rings (SSSR count). The first kappa shape index (κ1) is 21.5. The molecule has 1 saturated heterocycles. The van der Waals surface area contributed by atoms with Crippen LogP contribution in [0.2, 0.25) is 0 Å². The lowest BCUT2D eigenvalue weighted by Gasteiger charge is -2.26. The molecule has 1 N–H and O–H groups in total. The quantitative estimate of drug-likeness (QED) is 0.731. The summed E-state index contributed by atoms with van der Waals surface area (Å²) in [5.41, 5.74) is 0.383. The first-order chi connectivity index (χ1) is 13.6. The molecule has 0 bridgehead atoms. The average Bonchev–Trinajstić information content (AvgIpc) is 2.69. The predicted molar refractivity (Wildman–Crippen MR) is 105 cm³/mol. The molecule has 1 fully saturated rings. The summed E-state index contributed by atoms with van der Waals surface area (Å²) < 4.78 is 78.9. The van der Waals surface area contributed by atoms with Crippen molar-refractivity contribution < 1.29 is 30.7 Å². The Morgan fingerprint density at radius 3 is 2.34 bits per heavy atom. The van der Waals surface area contributed by atoms with Crippen LogP contribution in [0.1, 0.15) is 5.56 Å². The zero-order chi connectivity index (χ0) is 21.2. The standard InChI is InChI=1S/C18H21FN2O6S2/c1-13-11-15(26-2)4-6-17(13)28(22,23)20-14-3-5-16(19)18(12-14)29(24,25)21-7-9-27-10-8-21/h3-6,11-12,20H,7-10H2,1-2H3. The summed E-state index contributed by atoms with van der Waals surface area (Å²) >= 11 is 0. The number of hydrogen-bond donors (Lipinski definition) is 1. The molecule has 0 amide bonds. The molecule has 11 heteroatoms. The first-order valence-electron chi connectivity index (χ1n) is 8.70. The van der Waals surface area contributed by atoms with Crippen LogP contribution in [0.3, 0.4) is 0 Å². The maximum absolute atomic E-state index is 14.3. The highest BCUT2D eigenvalue weighted by Gasteiger charge is 2.29. The number of sulfonamides is 2. The summed E-state index contributed by atoms with van der Waals surface area (Å²) in [5.74, 6) is -0.456. The van der Waals surface area contributed by atoms with E-state index < -0.39 is 30.8 Å². The van der Waals surface area contributed by atoms with Gasteiger partial charge in [-0.1, -0.05) is 0 Å². The predicted octanol–water partition coefficient (Wildman–Crippen LogP) is 1.96. The zero-order valence-electron chi connectivity index (χ0n) is 15.9. The van der Waals surface area contributed by atoms with Crippen LogP contribution >= 0.6 is 0 Å². The summed E-state index contributed by atoms with van der Waals surface area (Å²) in [5, 5.41) is 0. The average molecular weight is 445 g/mol. The number of halogens is 1. The number of morpholine rings is 1. The Balaban J connectivity index is 1.93. The molecule has 0 aliphatic carbocycles. The van der Waals surface area contributed by atoms with Crippen LogP contribution in [0, 0.1) is 12.7 Å². The third-order valence-electron chi connectivity index (χ3n) is 4.44. The molecule has 2 aromatic rings. The Morgan fingerprint density at radius 2 is 1.72 bits per heavy atom. The van der Waals surface area contributed by atoms with Gasteiger partial charge in [0.15, 0.2) is 0 Å². The number of hydrogen-bond acceptors (Lipinski definition) is 6. The van der Waals surface area contributed by atoms with Crippen molar-refractivity contribution in [1.29, 1.82) is 0 Å². The molecular weight excluding hydrogens is 423 g/mol. The largest absolute Gasteiger partial charge is 0.497 e. The van der Waals surface area contributed by atoms with Gasteiger partial charge in [0.1, 0.15) is 16.5 Å².